The number of rotatable bonds is 9. The van der Waals surface area contributed by atoms with E-state index in [4.69, 9.17) is 14.5 Å². The van der Waals surface area contributed by atoms with Crippen LogP contribution in [0.3, 0.4) is 0 Å². The molecule has 0 radical (unpaired) electrons. The first kappa shape index (κ1) is 36.2. The lowest BCUT2D eigenvalue weighted by atomic mass is 9.80. The van der Waals surface area contributed by atoms with E-state index in [1.807, 2.05) is 4.90 Å². The number of aryl methyl sites for hydroxylation is 1. The summed E-state index contributed by atoms with van der Waals surface area (Å²) >= 11 is -0.443. The zero-order chi connectivity index (χ0) is 37.4. The first-order chi connectivity index (χ1) is 25.9. The van der Waals surface area contributed by atoms with E-state index >= 15 is 8.78 Å². The van der Waals surface area contributed by atoms with Gasteiger partial charge < -0.3 is 29.7 Å². The van der Waals surface area contributed by atoms with Crippen molar-refractivity contribution in [3.8, 4) is 22.9 Å². The number of benzene rings is 3. The maximum Gasteiger partial charge on any atom is 0.446 e. The molecule has 2 unspecified atom stereocenters. The van der Waals surface area contributed by atoms with E-state index < -0.39 is 39.4 Å². The number of aromatic nitrogens is 2. The van der Waals surface area contributed by atoms with E-state index in [-0.39, 0.29) is 63.1 Å². The van der Waals surface area contributed by atoms with Gasteiger partial charge in [-0.1, -0.05) is 13.0 Å². The molecule has 4 aliphatic heterocycles. The Labute approximate surface area is 314 Å². The number of anilines is 1. The molecule has 288 valence electrons. The van der Waals surface area contributed by atoms with Crippen LogP contribution in [0.4, 0.5) is 27.8 Å². The maximum atomic E-state index is 17.5. The van der Waals surface area contributed by atoms with Crippen molar-refractivity contribution < 1.29 is 36.5 Å². The highest BCUT2D eigenvalue weighted by Gasteiger charge is 2.48. The molecule has 4 saturated heterocycles. The van der Waals surface area contributed by atoms with Gasteiger partial charge in [0.1, 0.15) is 22.9 Å². The van der Waals surface area contributed by atoms with Gasteiger partial charge in [-0.2, -0.15) is 23.1 Å². The molecular weight excluding hydrogens is 726 g/mol. The van der Waals surface area contributed by atoms with Crippen molar-refractivity contribution in [2.75, 3.05) is 57.4 Å². The van der Waals surface area contributed by atoms with Gasteiger partial charge in [0.05, 0.1) is 6.61 Å². The normalized spacial score (nSPS) is 23.6. The Morgan fingerprint density at radius 1 is 1.02 bits per heavy atom. The Hall–Kier alpha value is -3.46. The zero-order valence-electron chi connectivity index (χ0n) is 30.2. The van der Waals surface area contributed by atoms with Gasteiger partial charge in [0, 0.05) is 72.7 Å². The molecule has 5 heterocycles. The molecule has 3 aromatic carbocycles. The van der Waals surface area contributed by atoms with Gasteiger partial charge in [-0.15, -0.1) is 0 Å². The SMILES string of the molecule is CCc1c(F)ccc2cc(O)cc(-c3c(SC(F)(F)F)cc4c(N5CC6CCC(C5)N6)nc(OCC5(CN6CCC7(CCOCC7)C6)CC5)nc4c3F)c12. The van der Waals surface area contributed by atoms with Crippen molar-refractivity contribution in [1.29, 1.82) is 0 Å². The number of nitrogens with one attached hydrogen (secondary N) is 1. The summed E-state index contributed by atoms with van der Waals surface area (Å²) in [5.41, 5.74) is -4.96. The van der Waals surface area contributed by atoms with Crippen LogP contribution in [-0.4, -0.2) is 90.1 Å². The Morgan fingerprint density at radius 3 is 2.48 bits per heavy atom. The van der Waals surface area contributed by atoms with E-state index in [0.717, 1.165) is 77.8 Å². The first-order valence-corrected chi connectivity index (χ1v) is 19.9. The topological polar surface area (TPSA) is 83.0 Å². The summed E-state index contributed by atoms with van der Waals surface area (Å²) in [4.78, 5) is 13.5. The average Bonchev–Trinajstić information content (AvgIpc) is 3.68. The van der Waals surface area contributed by atoms with Crippen LogP contribution in [0, 0.1) is 22.5 Å². The smallest absolute Gasteiger partial charge is 0.446 e. The fraction of sp³-hybridized carbons (Fsp3) is 0.550. The number of piperazine rings is 1. The average molecular weight is 770 g/mol. The van der Waals surface area contributed by atoms with E-state index in [2.05, 4.69) is 15.2 Å². The molecule has 1 aromatic heterocycles. The van der Waals surface area contributed by atoms with Crippen molar-refractivity contribution in [2.24, 2.45) is 10.8 Å². The van der Waals surface area contributed by atoms with Crippen LogP contribution < -0.4 is 15.0 Å². The minimum Gasteiger partial charge on any atom is -0.508 e. The summed E-state index contributed by atoms with van der Waals surface area (Å²) < 4.78 is 87.7. The standard InChI is InChI=1S/C40H44F5N5O3S/c1-2-27-30(41)6-3-23-15-26(51)16-28(32(23)27)33-31(54-40(43,44)45)17-29-35(34(33)42)47-37(48-36(29)50-18-24-4-5-25(19-50)46-24)53-22-39(7-8-39)21-49-12-9-38(20-49)10-13-52-14-11-38/h3,6,15-17,24-25,46,51H,2,4-5,7-14,18-22H2,1H3. The minimum absolute atomic E-state index is 0.0286. The van der Waals surface area contributed by atoms with Crippen LogP contribution in [0.25, 0.3) is 32.8 Å². The molecule has 5 aliphatic rings. The predicted molar refractivity (Wildman–Crippen MR) is 198 cm³/mol. The van der Waals surface area contributed by atoms with Crippen molar-refractivity contribution in [3.05, 3.63) is 47.5 Å². The second kappa shape index (κ2) is 13.6. The molecule has 2 N–H and O–H groups in total. The highest BCUT2D eigenvalue weighted by Crippen LogP contribution is 2.51. The Balaban J connectivity index is 1.14. The molecular formula is C40H44F5N5O3S. The third-order valence-corrected chi connectivity index (χ3v) is 13.2. The number of fused-ring (bicyclic) bond motifs is 4. The van der Waals surface area contributed by atoms with E-state index in [0.29, 0.717) is 36.3 Å². The van der Waals surface area contributed by atoms with Gasteiger partial charge in [0.25, 0.3) is 0 Å². The third kappa shape index (κ3) is 6.85. The number of thioether (sulfide) groups is 1. The van der Waals surface area contributed by atoms with Crippen LogP contribution in [0.1, 0.15) is 57.4 Å². The summed E-state index contributed by atoms with van der Waals surface area (Å²) in [7, 11) is 0. The number of likely N-dealkylation sites (tertiary alicyclic amines) is 1. The molecule has 1 saturated carbocycles. The van der Waals surface area contributed by atoms with Crippen LogP contribution in [-0.2, 0) is 11.2 Å². The number of nitrogens with zero attached hydrogens (tertiary/aromatic N) is 4. The van der Waals surface area contributed by atoms with Gasteiger partial charge >= 0.3 is 11.5 Å². The highest BCUT2D eigenvalue weighted by molar-refractivity contribution is 8.00. The van der Waals surface area contributed by atoms with E-state index in [9.17, 15) is 18.3 Å². The van der Waals surface area contributed by atoms with Gasteiger partial charge in [-0.05, 0) is 121 Å². The lowest BCUT2D eigenvalue weighted by Crippen LogP contribution is -2.51. The molecule has 9 rings (SSSR count). The number of aromatic hydroxyl groups is 1. The summed E-state index contributed by atoms with van der Waals surface area (Å²) in [6.45, 7) is 7.74. The van der Waals surface area contributed by atoms with Crippen LogP contribution >= 0.6 is 11.8 Å². The fourth-order valence-electron chi connectivity index (χ4n) is 9.53. The molecule has 5 fully saturated rings. The quantitative estimate of drug-likeness (QED) is 0.129. The molecule has 2 bridgehead atoms. The number of ether oxygens (including phenoxy) is 2. The molecule has 1 spiro atoms. The third-order valence-electron chi connectivity index (χ3n) is 12.5. The molecule has 54 heavy (non-hydrogen) atoms. The Kier molecular flexibility index (Phi) is 9.14. The Morgan fingerprint density at radius 2 is 1.78 bits per heavy atom. The van der Waals surface area contributed by atoms with Crippen LogP contribution in [0.5, 0.6) is 11.8 Å². The van der Waals surface area contributed by atoms with Crippen molar-refractivity contribution >= 4 is 39.3 Å². The summed E-state index contributed by atoms with van der Waals surface area (Å²) in [5, 5.41) is 15.1. The number of hydrogen-bond acceptors (Lipinski definition) is 9. The number of phenolic OH excluding ortho intramolecular Hbond substituents is 1. The second-order valence-corrected chi connectivity index (χ2v) is 17.3. The van der Waals surface area contributed by atoms with Gasteiger partial charge in [-0.3, -0.25) is 0 Å². The zero-order valence-corrected chi connectivity index (χ0v) is 31.0. The van der Waals surface area contributed by atoms with E-state index in [1.54, 1.807) is 6.92 Å². The molecule has 8 nitrogen and oxygen atoms in total. The largest absolute Gasteiger partial charge is 0.508 e. The lowest BCUT2D eigenvalue weighted by Gasteiger charge is -2.34. The maximum absolute atomic E-state index is 17.5. The first-order valence-electron chi connectivity index (χ1n) is 19.1. The fourth-order valence-corrected chi connectivity index (χ4v) is 10.3. The molecule has 1 aliphatic carbocycles. The summed E-state index contributed by atoms with van der Waals surface area (Å²) in [6, 6.07) is 6.90. The van der Waals surface area contributed by atoms with Gasteiger partial charge in [0.15, 0.2) is 5.82 Å². The second-order valence-electron chi connectivity index (χ2n) is 16.2. The monoisotopic (exact) mass is 769 g/mol. The summed E-state index contributed by atoms with van der Waals surface area (Å²) in [5.74, 6) is -1.53. The molecule has 4 aromatic rings. The van der Waals surface area contributed by atoms with Crippen molar-refractivity contribution in [2.45, 2.75) is 80.8 Å². The Bertz CT molecular complexity index is 2090. The molecule has 14 heteroatoms. The van der Waals surface area contributed by atoms with Crippen molar-refractivity contribution in [1.82, 2.24) is 20.2 Å². The van der Waals surface area contributed by atoms with E-state index in [1.165, 1.54) is 30.3 Å². The highest BCUT2D eigenvalue weighted by atomic mass is 32.2. The number of alkyl halides is 3. The number of hydrogen-bond donors (Lipinski definition) is 2. The molecule has 0 amide bonds. The van der Waals surface area contributed by atoms with Crippen LogP contribution in [0.15, 0.2) is 35.2 Å². The van der Waals surface area contributed by atoms with Crippen LogP contribution in [0.2, 0.25) is 0 Å². The molecule has 2 atom stereocenters. The van der Waals surface area contributed by atoms with Gasteiger partial charge in [0.2, 0.25) is 0 Å². The summed E-state index contributed by atoms with van der Waals surface area (Å²) in [6.07, 6.45) is 7.40. The number of phenols is 1. The predicted octanol–water partition coefficient (Wildman–Crippen LogP) is 8.21. The van der Waals surface area contributed by atoms with Crippen molar-refractivity contribution in [3.63, 3.8) is 0 Å². The van der Waals surface area contributed by atoms with Gasteiger partial charge in [-0.25, -0.2) is 8.78 Å². The number of halogens is 5. The minimum atomic E-state index is -4.78. The lowest BCUT2D eigenvalue weighted by molar-refractivity contribution is -0.0328.